The van der Waals surface area contributed by atoms with Gasteiger partial charge in [-0.1, -0.05) is 5.23 Å². The highest BCUT2D eigenvalue weighted by Crippen LogP contribution is 2.35. The Morgan fingerprint density at radius 2 is 1.05 bits per heavy atom. The number of aliphatic hydroxyl groups excluding tert-OH is 7. The SMILES string of the molecule is NC[C@@H]1O[C@H](O[C@H]2[C@@H](O)[C@H](O[C@@H]3[C@@H](O)[C@H](N(O)O)C[C@H](N)[C@H]3O[C@H]3O[C@H](CN)[C@@H](O)[C@H](O)[C@H]3N)O[C@@H]2CO)[C@H](N)[C@@H](O)[C@@H]1O. The quantitative estimate of drug-likeness (QED) is 0.0979. The Morgan fingerprint density at radius 3 is 1.50 bits per heavy atom. The van der Waals surface area contributed by atoms with Crippen LogP contribution in [0.1, 0.15) is 6.42 Å². The van der Waals surface area contributed by atoms with Crippen molar-refractivity contribution in [3.63, 3.8) is 0 Å². The Bertz CT molecular complexity index is 914. The Morgan fingerprint density at radius 1 is 0.591 bits per heavy atom. The van der Waals surface area contributed by atoms with Crippen LogP contribution in [0.5, 0.6) is 0 Å². The normalized spacial score (nSPS) is 52.0. The number of hydroxylamine groups is 2. The van der Waals surface area contributed by atoms with Gasteiger partial charge >= 0.3 is 0 Å². The molecule has 1 aliphatic carbocycles. The second-order valence-electron chi connectivity index (χ2n) is 11.5. The molecule has 3 saturated heterocycles. The van der Waals surface area contributed by atoms with Crippen molar-refractivity contribution in [2.45, 2.75) is 123 Å². The zero-order valence-electron chi connectivity index (χ0n) is 23.6. The smallest absolute Gasteiger partial charge is 0.187 e. The summed E-state index contributed by atoms with van der Waals surface area (Å²) in [4.78, 5) is 0. The predicted octanol–water partition coefficient (Wildman–Crippen LogP) is -8.77. The van der Waals surface area contributed by atoms with Crippen LogP contribution in [-0.2, 0) is 28.4 Å². The number of rotatable bonds is 10. The van der Waals surface area contributed by atoms with Gasteiger partial charge in [-0.05, 0) is 6.42 Å². The molecule has 19 N–H and O–H groups in total. The molecule has 3 heterocycles. The summed E-state index contributed by atoms with van der Waals surface area (Å²) >= 11 is 0. The first-order valence-corrected chi connectivity index (χ1v) is 14.2. The van der Waals surface area contributed by atoms with Crippen LogP contribution < -0.4 is 28.7 Å². The van der Waals surface area contributed by atoms with Gasteiger partial charge in [-0.3, -0.25) is 10.4 Å². The highest BCUT2D eigenvalue weighted by atomic mass is 16.8. The van der Waals surface area contributed by atoms with Crippen molar-refractivity contribution in [1.29, 1.82) is 0 Å². The lowest BCUT2D eigenvalue weighted by molar-refractivity contribution is -0.368. The lowest BCUT2D eigenvalue weighted by atomic mass is 9.84. The molecule has 3 aliphatic heterocycles. The highest BCUT2D eigenvalue weighted by molar-refractivity contribution is 5.02. The molecule has 0 aromatic heterocycles. The van der Waals surface area contributed by atoms with Crippen molar-refractivity contribution in [2.24, 2.45) is 28.7 Å². The van der Waals surface area contributed by atoms with Crippen LogP contribution in [0.4, 0.5) is 0 Å². The van der Waals surface area contributed by atoms with E-state index in [4.69, 9.17) is 57.1 Å². The van der Waals surface area contributed by atoms with Crippen LogP contribution in [0.25, 0.3) is 0 Å². The molecule has 0 spiro atoms. The first-order chi connectivity index (χ1) is 20.7. The zero-order chi connectivity index (χ0) is 32.6. The molecule has 0 amide bonds. The number of nitrogens with zero attached hydrogens (tertiary/aromatic N) is 1. The molecule has 44 heavy (non-hydrogen) atoms. The van der Waals surface area contributed by atoms with Crippen LogP contribution in [-0.4, -0.2) is 187 Å². The van der Waals surface area contributed by atoms with Crippen molar-refractivity contribution < 1.29 is 74.6 Å². The number of hydrogen-bond acceptors (Lipinski definition) is 21. The average molecular weight is 647 g/mol. The van der Waals surface area contributed by atoms with Gasteiger partial charge in [0.1, 0.15) is 73.2 Å². The number of ether oxygens (including phenoxy) is 6. The van der Waals surface area contributed by atoms with Gasteiger partial charge in [0.05, 0.1) is 24.7 Å². The van der Waals surface area contributed by atoms with E-state index < -0.39 is 123 Å². The zero-order valence-corrected chi connectivity index (χ0v) is 23.6. The molecule has 0 unspecified atom stereocenters. The average Bonchev–Trinajstić information content (AvgIpc) is 3.29. The molecule has 19 atom stereocenters. The topological polar surface area (TPSA) is 371 Å². The molecule has 0 aromatic carbocycles. The summed E-state index contributed by atoms with van der Waals surface area (Å²) in [5.74, 6) is 0. The highest BCUT2D eigenvalue weighted by Gasteiger charge is 2.55. The van der Waals surface area contributed by atoms with Crippen molar-refractivity contribution in [2.75, 3.05) is 19.7 Å². The molecule has 21 nitrogen and oxygen atoms in total. The summed E-state index contributed by atoms with van der Waals surface area (Å²) in [6.07, 6.45) is -21.8. The second-order valence-corrected chi connectivity index (χ2v) is 11.5. The fraction of sp³-hybridized carbons (Fsp3) is 1.00. The third kappa shape index (κ3) is 7.03. The summed E-state index contributed by atoms with van der Waals surface area (Å²) in [5.41, 5.74) is 29.5. The fourth-order valence-electron chi connectivity index (χ4n) is 5.91. The van der Waals surface area contributed by atoms with Gasteiger partial charge in [0.15, 0.2) is 18.9 Å². The maximum atomic E-state index is 11.1. The Kier molecular flexibility index (Phi) is 12.2. The molecule has 4 aliphatic rings. The van der Waals surface area contributed by atoms with Crippen LogP contribution in [0.15, 0.2) is 0 Å². The molecule has 258 valence electrons. The second kappa shape index (κ2) is 14.9. The first kappa shape index (κ1) is 36.0. The fourth-order valence-corrected chi connectivity index (χ4v) is 5.91. The lowest BCUT2D eigenvalue weighted by Crippen LogP contribution is -2.68. The van der Waals surface area contributed by atoms with E-state index in [1.807, 2.05) is 0 Å². The van der Waals surface area contributed by atoms with E-state index in [0.29, 0.717) is 0 Å². The third-order valence-electron chi connectivity index (χ3n) is 8.59. The van der Waals surface area contributed by atoms with E-state index in [0.717, 1.165) is 0 Å². The number of hydrogen-bond donors (Lipinski definition) is 14. The van der Waals surface area contributed by atoms with Gasteiger partial charge in [0.2, 0.25) is 0 Å². The van der Waals surface area contributed by atoms with Crippen LogP contribution in [0, 0.1) is 0 Å². The maximum absolute atomic E-state index is 11.1. The van der Waals surface area contributed by atoms with Crippen LogP contribution >= 0.6 is 0 Å². The Balaban J connectivity index is 1.54. The van der Waals surface area contributed by atoms with Gasteiger partial charge in [0.25, 0.3) is 0 Å². The minimum absolute atomic E-state index is 0.199. The molecular weight excluding hydrogens is 600 g/mol. The summed E-state index contributed by atoms with van der Waals surface area (Å²) in [5, 5.41) is 92.4. The van der Waals surface area contributed by atoms with Crippen molar-refractivity contribution >= 4 is 0 Å². The third-order valence-corrected chi connectivity index (χ3v) is 8.59. The minimum atomic E-state index is -1.75. The molecule has 21 heteroatoms. The Hall–Kier alpha value is -0.840. The van der Waals surface area contributed by atoms with E-state index in [-0.39, 0.29) is 24.7 Å². The molecule has 1 saturated carbocycles. The summed E-state index contributed by atoms with van der Waals surface area (Å²) in [6.45, 7) is -1.12. The minimum Gasteiger partial charge on any atom is -0.394 e. The first-order valence-electron chi connectivity index (χ1n) is 14.2. The van der Waals surface area contributed by atoms with Crippen molar-refractivity contribution in [3.05, 3.63) is 0 Å². The van der Waals surface area contributed by atoms with Gasteiger partial charge < -0.3 is 92.8 Å². The van der Waals surface area contributed by atoms with E-state index >= 15 is 0 Å². The van der Waals surface area contributed by atoms with Crippen LogP contribution in [0.3, 0.4) is 0 Å². The van der Waals surface area contributed by atoms with E-state index in [9.17, 15) is 46.2 Å². The van der Waals surface area contributed by atoms with Crippen LogP contribution in [0.2, 0.25) is 0 Å². The number of aliphatic hydroxyl groups is 7. The number of nitrogens with two attached hydrogens (primary N) is 5. The van der Waals surface area contributed by atoms with Crippen molar-refractivity contribution in [3.8, 4) is 0 Å². The largest absolute Gasteiger partial charge is 0.394 e. The van der Waals surface area contributed by atoms with E-state index in [2.05, 4.69) is 0 Å². The van der Waals surface area contributed by atoms with E-state index in [1.165, 1.54) is 0 Å². The molecule has 0 radical (unpaired) electrons. The van der Waals surface area contributed by atoms with E-state index in [1.54, 1.807) is 0 Å². The molecule has 4 rings (SSSR count). The molecule has 0 bridgehead atoms. The molecule has 4 fully saturated rings. The van der Waals surface area contributed by atoms with Gasteiger partial charge in [-0.2, -0.15) is 0 Å². The predicted molar refractivity (Wildman–Crippen MR) is 140 cm³/mol. The van der Waals surface area contributed by atoms with Gasteiger partial charge in [-0.15, -0.1) is 0 Å². The monoisotopic (exact) mass is 646 g/mol. The van der Waals surface area contributed by atoms with Gasteiger partial charge in [0, 0.05) is 19.1 Å². The molecular formula is C23H46N6O15. The molecule has 0 aromatic rings. The lowest BCUT2D eigenvalue weighted by Gasteiger charge is -2.48. The van der Waals surface area contributed by atoms with Gasteiger partial charge in [-0.25, -0.2) is 0 Å². The van der Waals surface area contributed by atoms with Crippen molar-refractivity contribution in [1.82, 2.24) is 5.23 Å². The summed E-state index contributed by atoms with van der Waals surface area (Å²) < 4.78 is 34.4. The standard InChI is InChI=1S/C23H46N6O15/c24-2-7-13(32)15(34)10(27)21(39-7)42-18-5(26)1-6(29(37)38)12(31)20(18)44-23-17(36)19(9(4-30)41-23)43-22-11(28)16(35)14(33)8(3-25)40-22/h5-23,30-38H,1-4,24-28H2/t5-,6+,7+,8-,9+,10+,11+,12-,13+,14+,15+,16+,17+,18+,19+,20+,21+,22+,23-/m0/s1. The Labute approximate surface area is 251 Å². The summed E-state index contributed by atoms with van der Waals surface area (Å²) in [6, 6.07) is -5.10. The summed E-state index contributed by atoms with van der Waals surface area (Å²) in [7, 11) is 0. The maximum Gasteiger partial charge on any atom is 0.187 e.